The average Bonchev–Trinajstić information content (AvgIpc) is 3.63. The standard InChI is InChI=1S/C31H24BrClN4O6S/c1-41-27-13-19(4-10-25(27)38)16-34-36-31-37(17-24-3-2-12-42-24)30(40)28(44-31)15-20-14-21(32)5-11-26(20)43-18-29(39)35-23-8-6-22(33)7-9-23/h2-16,38H,17-18H2,1H3,(H,35,39)/b28-15-,34-16-,36-31+. The number of ether oxygens (including phenoxy) is 2. The van der Waals surface area contributed by atoms with Crippen LogP contribution in [-0.4, -0.2) is 46.9 Å². The van der Waals surface area contributed by atoms with Crippen molar-refractivity contribution in [1.82, 2.24) is 4.90 Å². The van der Waals surface area contributed by atoms with Crippen molar-refractivity contribution < 1.29 is 28.6 Å². The van der Waals surface area contributed by atoms with Crippen LogP contribution >= 0.6 is 39.3 Å². The van der Waals surface area contributed by atoms with Gasteiger partial charge in [-0.15, -0.1) is 5.10 Å². The van der Waals surface area contributed by atoms with E-state index < -0.39 is 0 Å². The maximum Gasteiger partial charge on any atom is 0.267 e. The fraction of sp³-hybridized carbons (Fsp3) is 0.0968. The summed E-state index contributed by atoms with van der Waals surface area (Å²) in [7, 11) is 1.45. The first-order valence-electron chi connectivity index (χ1n) is 13.0. The number of furan rings is 1. The molecular weight excluding hydrogens is 672 g/mol. The van der Waals surface area contributed by atoms with Crippen LogP contribution in [-0.2, 0) is 16.1 Å². The fourth-order valence-corrected chi connectivity index (χ4v) is 5.41. The number of hydrogen-bond acceptors (Lipinski definition) is 9. The number of thioether (sulfide) groups is 1. The topological polar surface area (TPSA) is 126 Å². The molecule has 1 aromatic heterocycles. The molecule has 2 N–H and O–H groups in total. The summed E-state index contributed by atoms with van der Waals surface area (Å²) in [5, 5.41) is 22.0. The van der Waals surface area contributed by atoms with Gasteiger partial charge in [0.2, 0.25) is 0 Å². The summed E-state index contributed by atoms with van der Waals surface area (Å²) in [5.74, 6) is 0.610. The molecule has 44 heavy (non-hydrogen) atoms. The van der Waals surface area contributed by atoms with Crippen LogP contribution in [0.4, 0.5) is 5.69 Å². The summed E-state index contributed by atoms with van der Waals surface area (Å²) >= 11 is 10.5. The van der Waals surface area contributed by atoms with Crippen molar-refractivity contribution in [2.75, 3.05) is 19.0 Å². The minimum Gasteiger partial charge on any atom is -0.504 e. The molecule has 0 atom stereocenters. The van der Waals surface area contributed by atoms with E-state index in [4.69, 9.17) is 25.5 Å². The van der Waals surface area contributed by atoms with Gasteiger partial charge >= 0.3 is 0 Å². The number of rotatable bonds is 10. The zero-order valence-electron chi connectivity index (χ0n) is 23.1. The molecule has 2 heterocycles. The highest BCUT2D eigenvalue weighted by molar-refractivity contribution is 9.10. The summed E-state index contributed by atoms with van der Waals surface area (Å²) in [6.45, 7) is -0.111. The lowest BCUT2D eigenvalue weighted by Crippen LogP contribution is -2.28. The molecule has 0 aliphatic carbocycles. The van der Waals surface area contributed by atoms with Gasteiger partial charge < -0.3 is 24.3 Å². The number of amides is 2. The molecule has 2 amide bonds. The summed E-state index contributed by atoms with van der Waals surface area (Å²) in [4.78, 5) is 27.9. The van der Waals surface area contributed by atoms with Crippen molar-refractivity contribution >= 4 is 74.3 Å². The van der Waals surface area contributed by atoms with E-state index in [0.717, 1.165) is 16.2 Å². The summed E-state index contributed by atoms with van der Waals surface area (Å²) in [6.07, 6.45) is 4.69. The Balaban J connectivity index is 1.37. The lowest BCUT2D eigenvalue weighted by molar-refractivity contribution is -0.122. The normalized spacial score (nSPS) is 15.0. The van der Waals surface area contributed by atoms with E-state index in [1.807, 2.05) is 0 Å². The van der Waals surface area contributed by atoms with Crippen molar-refractivity contribution in [2.45, 2.75) is 6.54 Å². The SMILES string of the molecule is COc1cc(/C=N\N=C2\S/C(=C\c3cc(Br)ccc3OCC(=O)Nc3ccc(Cl)cc3)C(=O)N2Cc2ccco2)ccc1O. The lowest BCUT2D eigenvalue weighted by Gasteiger charge is -2.13. The van der Waals surface area contributed by atoms with E-state index >= 15 is 0 Å². The Hall–Kier alpha value is -4.52. The number of anilines is 1. The summed E-state index contributed by atoms with van der Waals surface area (Å²) in [5.41, 5.74) is 1.81. The molecule has 0 bridgehead atoms. The first-order chi connectivity index (χ1) is 21.3. The largest absolute Gasteiger partial charge is 0.504 e. The molecule has 10 nitrogen and oxygen atoms in total. The predicted molar refractivity (Wildman–Crippen MR) is 174 cm³/mol. The van der Waals surface area contributed by atoms with Gasteiger partial charge in [0.15, 0.2) is 23.3 Å². The molecule has 0 unspecified atom stereocenters. The van der Waals surface area contributed by atoms with Gasteiger partial charge in [-0.25, -0.2) is 0 Å². The monoisotopic (exact) mass is 694 g/mol. The Morgan fingerprint density at radius 1 is 1.14 bits per heavy atom. The van der Waals surface area contributed by atoms with E-state index in [-0.39, 0.29) is 30.7 Å². The number of nitrogens with zero attached hydrogens (tertiary/aromatic N) is 3. The molecule has 0 radical (unpaired) electrons. The lowest BCUT2D eigenvalue weighted by atomic mass is 10.2. The molecule has 0 saturated carbocycles. The molecule has 1 aliphatic heterocycles. The highest BCUT2D eigenvalue weighted by Crippen LogP contribution is 2.36. The molecule has 1 saturated heterocycles. The summed E-state index contributed by atoms with van der Waals surface area (Å²) in [6, 6.07) is 20.3. The third-order valence-corrected chi connectivity index (χ3v) is 7.82. The van der Waals surface area contributed by atoms with Crippen molar-refractivity contribution in [1.29, 1.82) is 0 Å². The Morgan fingerprint density at radius 2 is 1.95 bits per heavy atom. The Morgan fingerprint density at radius 3 is 2.70 bits per heavy atom. The van der Waals surface area contributed by atoms with Crippen molar-refractivity contribution in [3.05, 3.63) is 110 Å². The highest BCUT2D eigenvalue weighted by atomic mass is 79.9. The molecule has 1 fully saturated rings. The third kappa shape index (κ3) is 7.90. The van der Waals surface area contributed by atoms with Crippen molar-refractivity contribution in [3.63, 3.8) is 0 Å². The molecule has 3 aromatic carbocycles. The number of halogens is 2. The number of benzene rings is 3. The number of amidine groups is 1. The zero-order valence-corrected chi connectivity index (χ0v) is 26.2. The van der Waals surface area contributed by atoms with Gasteiger partial charge in [-0.3, -0.25) is 14.5 Å². The first-order valence-corrected chi connectivity index (χ1v) is 15.0. The van der Waals surface area contributed by atoms with E-state index in [0.29, 0.717) is 49.2 Å². The van der Waals surface area contributed by atoms with Crippen LogP contribution in [0.1, 0.15) is 16.9 Å². The number of nitrogens with one attached hydrogen (secondary N) is 1. The number of aromatic hydroxyl groups is 1. The van der Waals surface area contributed by atoms with Gasteiger partial charge in [-0.2, -0.15) is 5.10 Å². The fourth-order valence-electron chi connectivity index (χ4n) is 3.98. The van der Waals surface area contributed by atoms with Gasteiger partial charge in [-0.1, -0.05) is 27.5 Å². The molecule has 5 rings (SSSR count). The number of hydrogen-bond donors (Lipinski definition) is 2. The number of carbonyl (C=O) groups excluding carboxylic acids is 2. The van der Waals surface area contributed by atoms with Gasteiger partial charge in [0.25, 0.3) is 11.8 Å². The number of phenols is 1. The first kappa shape index (κ1) is 30.9. The maximum absolute atomic E-state index is 13.6. The molecule has 13 heteroatoms. The van der Waals surface area contributed by atoms with Gasteiger partial charge in [0, 0.05) is 20.7 Å². The van der Waals surface area contributed by atoms with Crippen LogP contribution in [0.2, 0.25) is 5.02 Å². The van der Waals surface area contributed by atoms with Gasteiger partial charge in [0.05, 0.1) is 31.0 Å². The average molecular weight is 696 g/mol. The molecular formula is C31H24BrClN4O6S. The van der Waals surface area contributed by atoms with Crippen LogP contribution < -0.4 is 14.8 Å². The quantitative estimate of drug-likeness (QED) is 0.105. The van der Waals surface area contributed by atoms with Crippen LogP contribution in [0.5, 0.6) is 17.2 Å². The predicted octanol–water partition coefficient (Wildman–Crippen LogP) is 6.93. The Labute approximate surface area is 270 Å². The van der Waals surface area contributed by atoms with E-state index in [9.17, 15) is 14.7 Å². The highest BCUT2D eigenvalue weighted by Gasteiger charge is 2.34. The van der Waals surface area contributed by atoms with Crippen molar-refractivity contribution in [2.24, 2.45) is 10.2 Å². The second-order valence-corrected chi connectivity index (χ2v) is 11.5. The molecule has 1 aliphatic rings. The van der Waals surface area contributed by atoms with E-state index in [1.165, 1.54) is 30.6 Å². The smallest absolute Gasteiger partial charge is 0.267 e. The second kappa shape index (κ2) is 14.3. The van der Waals surface area contributed by atoms with Gasteiger partial charge in [-0.05, 0) is 96.2 Å². The number of carbonyl (C=O) groups is 2. The summed E-state index contributed by atoms with van der Waals surface area (Å²) < 4.78 is 17.2. The Bertz CT molecular complexity index is 1760. The van der Waals surface area contributed by atoms with Crippen LogP contribution in [0.25, 0.3) is 6.08 Å². The molecule has 0 spiro atoms. The van der Waals surface area contributed by atoms with Crippen molar-refractivity contribution in [3.8, 4) is 17.2 Å². The minimum atomic E-state index is -0.358. The van der Waals surface area contributed by atoms with Gasteiger partial charge in [0.1, 0.15) is 11.5 Å². The van der Waals surface area contributed by atoms with E-state index in [2.05, 4.69) is 31.4 Å². The van der Waals surface area contributed by atoms with Crippen LogP contribution in [0.3, 0.4) is 0 Å². The maximum atomic E-state index is 13.6. The minimum absolute atomic E-state index is 0.00499. The molecule has 4 aromatic rings. The third-order valence-electron chi connectivity index (χ3n) is 6.08. The number of phenolic OH excluding ortho intramolecular Hbond substituents is 1. The van der Waals surface area contributed by atoms with E-state index in [1.54, 1.807) is 72.8 Å². The number of methoxy groups -OCH3 is 1. The molecule has 224 valence electrons. The second-order valence-electron chi connectivity index (χ2n) is 9.17. The Kier molecular flexibility index (Phi) is 10.1. The van der Waals surface area contributed by atoms with Crippen LogP contribution in [0, 0.1) is 0 Å². The van der Waals surface area contributed by atoms with Crippen LogP contribution in [0.15, 0.2) is 103 Å². The zero-order chi connectivity index (χ0) is 31.1.